The van der Waals surface area contributed by atoms with Crippen molar-refractivity contribution < 1.29 is 28.6 Å². The summed E-state index contributed by atoms with van der Waals surface area (Å²) >= 11 is 0. The van der Waals surface area contributed by atoms with Crippen molar-refractivity contribution in [2.45, 2.75) is 322 Å². The number of ether oxygens (including phenoxy) is 3. The van der Waals surface area contributed by atoms with E-state index < -0.39 is 6.10 Å². The predicted molar refractivity (Wildman–Crippen MR) is 289 cm³/mol. The van der Waals surface area contributed by atoms with E-state index in [9.17, 15) is 14.4 Å². The highest BCUT2D eigenvalue weighted by atomic mass is 16.6. The van der Waals surface area contributed by atoms with Crippen molar-refractivity contribution in [3.63, 3.8) is 0 Å². The van der Waals surface area contributed by atoms with Gasteiger partial charge in [-0.05, 0) is 96.3 Å². The Kier molecular flexibility index (Phi) is 54.2. The van der Waals surface area contributed by atoms with Gasteiger partial charge in [-0.15, -0.1) is 0 Å². The number of carbonyl (C=O) groups is 3. The first-order valence-electron chi connectivity index (χ1n) is 29.5. The molecule has 0 aliphatic heterocycles. The fraction of sp³-hybridized carbons (Fsp3) is 0.852. The first kappa shape index (κ1) is 64.6. The lowest BCUT2D eigenvalue weighted by atomic mass is 10.1. The van der Waals surface area contributed by atoms with Crippen LogP contribution in [0.25, 0.3) is 0 Å². The Labute approximate surface area is 416 Å². The van der Waals surface area contributed by atoms with Crippen molar-refractivity contribution in [1.29, 1.82) is 0 Å². The van der Waals surface area contributed by atoms with Crippen LogP contribution in [0.3, 0.4) is 0 Å². The van der Waals surface area contributed by atoms with Crippen LogP contribution < -0.4 is 0 Å². The van der Waals surface area contributed by atoms with Gasteiger partial charge in [-0.2, -0.15) is 0 Å². The van der Waals surface area contributed by atoms with E-state index in [4.69, 9.17) is 14.2 Å². The zero-order chi connectivity index (χ0) is 48.6. The Morgan fingerprint density at radius 3 is 0.746 bits per heavy atom. The molecule has 0 saturated carbocycles. The van der Waals surface area contributed by atoms with Crippen molar-refractivity contribution in [3.05, 3.63) is 36.5 Å². The number of rotatable bonds is 54. The smallest absolute Gasteiger partial charge is 0.306 e. The van der Waals surface area contributed by atoms with E-state index in [1.54, 1.807) is 0 Å². The van der Waals surface area contributed by atoms with Crippen LogP contribution in [-0.4, -0.2) is 37.2 Å². The molecule has 0 heterocycles. The maximum Gasteiger partial charge on any atom is 0.306 e. The first-order valence-corrected chi connectivity index (χ1v) is 29.5. The van der Waals surface area contributed by atoms with Gasteiger partial charge in [0, 0.05) is 19.3 Å². The second kappa shape index (κ2) is 56.2. The largest absolute Gasteiger partial charge is 0.462 e. The highest BCUT2D eigenvalue weighted by Gasteiger charge is 2.19. The van der Waals surface area contributed by atoms with Gasteiger partial charge in [0.2, 0.25) is 0 Å². The van der Waals surface area contributed by atoms with Crippen molar-refractivity contribution in [1.82, 2.24) is 0 Å². The zero-order valence-electron chi connectivity index (χ0n) is 44.9. The topological polar surface area (TPSA) is 78.9 Å². The van der Waals surface area contributed by atoms with E-state index in [1.165, 1.54) is 212 Å². The molecular formula is C61H112O6. The highest BCUT2D eigenvalue weighted by molar-refractivity contribution is 5.71. The molecule has 6 heteroatoms. The van der Waals surface area contributed by atoms with Gasteiger partial charge >= 0.3 is 17.9 Å². The zero-order valence-corrected chi connectivity index (χ0v) is 44.9. The molecule has 67 heavy (non-hydrogen) atoms. The van der Waals surface area contributed by atoms with E-state index >= 15 is 0 Å². The van der Waals surface area contributed by atoms with Gasteiger partial charge in [0.1, 0.15) is 13.2 Å². The molecule has 0 aromatic heterocycles. The van der Waals surface area contributed by atoms with E-state index in [2.05, 4.69) is 57.2 Å². The second-order valence-electron chi connectivity index (χ2n) is 19.9. The molecule has 0 aliphatic carbocycles. The van der Waals surface area contributed by atoms with Gasteiger partial charge in [0.05, 0.1) is 0 Å². The summed E-state index contributed by atoms with van der Waals surface area (Å²) in [6.45, 7) is 6.65. The van der Waals surface area contributed by atoms with Gasteiger partial charge < -0.3 is 14.2 Å². The van der Waals surface area contributed by atoms with E-state index in [0.717, 1.165) is 64.2 Å². The quantitative estimate of drug-likeness (QED) is 0.0262. The Balaban J connectivity index is 4.37. The second-order valence-corrected chi connectivity index (χ2v) is 19.9. The predicted octanol–water partition coefficient (Wildman–Crippen LogP) is 19.7. The molecule has 0 saturated heterocycles. The van der Waals surface area contributed by atoms with E-state index in [0.29, 0.717) is 19.3 Å². The molecule has 0 N–H and O–H groups in total. The van der Waals surface area contributed by atoms with Crippen LogP contribution >= 0.6 is 0 Å². The minimum Gasteiger partial charge on any atom is -0.462 e. The van der Waals surface area contributed by atoms with Crippen LogP contribution in [0.4, 0.5) is 0 Å². The Morgan fingerprint density at radius 1 is 0.284 bits per heavy atom. The van der Waals surface area contributed by atoms with Crippen LogP contribution in [0, 0.1) is 0 Å². The number of unbranched alkanes of at least 4 members (excludes halogenated alkanes) is 37. The molecule has 0 amide bonds. The van der Waals surface area contributed by atoms with Gasteiger partial charge in [-0.1, -0.05) is 237 Å². The van der Waals surface area contributed by atoms with Crippen molar-refractivity contribution >= 4 is 17.9 Å². The Hall–Kier alpha value is -2.37. The van der Waals surface area contributed by atoms with Crippen molar-refractivity contribution in [2.75, 3.05) is 13.2 Å². The average Bonchev–Trinajstić information content (AvgIpc) is 3.33. The molecular weight excluding hydrogens is 829 g/mol. The lowest BCUT2D eigenvalue weighted by Crippen LogP contribution is -2.30. The summed E-state index contributed by atoms with van der Waals surface area (Å²) in [6.07, 6.45) is 67.0. The van der Waals surface area contributed by atoms with Crippen LogP contribution in [0.5, 0.6) is 0 Å². The molecule has 0 aromatic rings. The Morgan fingerprint density at radius 2 is 0.493 bits per heavy atom. The maximum atomic E-state index is 12.9. The third-order valence-corrected chi connectivity index (χ3v) is 13.1. The number of hydrogen-bond donors (Lipinski definition) is 0. The number of esters is 3. The van der Waals surface area contributed by atoms with E-state index in [-0.39, 0.29) is 31.1 Å². The fourth-order valence-corrected chi connectivity index (χ4v) is 8.60. The van der Waals surface area contributed by atoms with Crippen LogP contribution in [-0.2, 0) is 28.6 Å². The summed E-state index contributed by atoms with van der Waals surface area (Å²) in [7, 11) is 0. The van der Waals surface area contributed by atoms with Crippen LogP contribution in [0.2, 0.25) is 0 Å². The molecule has 0 aromatic carbocycles. The van der Waals surface area contributed by atoms with Crippen LogP contribution in [0.1, 0.15) is 316 Å². The molecule has 392 valence electrons. The monoisotopic (exact) mass is 941 g/mol. The number of allylic oxidation sites excluding steroid dienone is 6. The summed E-state index contributed by atoms with van der Waals surface area (Å²) < 4.78 is 16.9. The summed E-state index contributed by atoms with van der Waals surface area (Å²) in [6, 6.07) is 0. The molecule has 0 rings (SSSR count). The summed E-state index contributed by atoms with van der Waals surface area (Å²) in [4.78, 5) is 38.2. The molecule has 0 spiro atoms. The number of hydrogen-bond acceptors (Lipinski definition) is 6. The first-order chi connectivity index (χ1) is 33.0. The molecule has 1 atom stereocenters. The fourth-order valence-electron chi connectivity index (χ4n) is 8.60. The number of carbonyl (C=O) groups excluding carboxylic acids is 3. The van der Waals surface area contributed by atoms with Crippen molar-refractivity contribution in [2.24, 2.45) is 0 Å². The lowest BCUT2D eigenvalue weighted by molar-refractivity contribution is -0.167. The molecule has 6 nitrogen and oxygen atoms in total. The van der Waals surface area contributed by atoms with Gasteiger partial charge in [-0.25, -0.2) is 0 Å². The molecule has 0 aliphatic rings. The van der Waals surface area contributed by atoms with Gasteiger partial charge in [0.25, 0.3) is 0 Å². The Bertz CT molecular complexity index is 1130. The third-order valence-electron chi connectivity index (χ3n) is 13.1. The maximum absolute atomic E-state index is 12.9. The van der Waals surface area contributed by atoms with Gasteiger partial charge in [0.15, 0.2) is 6.10 Å². The minimum absolute atomic E-state index is 0.0765. The molecule has 1 unspecified atom stereocenters. The third kappa shape index (κ3) is 54.4. The lowest BCUT2D eigenvalue weighted by Gasteiger charge is -2.18. The molecule has 0 fully saturated rings. The molecule has 0 radical (unpaired) electrons. The minimum atomic E-state index is -0.778. The van der Waals surface area contributed by atoms with Crippen LogP contribution in [0.15, 0.2) is 36.5 Å². The standard InChI is InChI=1S/C61H112O6/c1-4-7-10-13-16-19-22-25-28-30-33-36-39-42-45-48-51-54-60(63)66-57-58(56-65-59(62)53-50-47-44-41-38-35-32-27-24-21-18-15-12-9-6-3)67-61(64)55-52-49-46-43-40-37-34-31-29-26-23-20-17-14-11-8-5-2/h25-29,32,58H,4-24,30-31,33-57H2,1-3H3. The SMILES string of the molecule is CCCCCCCCC=CCCCCCCCCCC(=O)OCC(COC(=O)CCCCCCCC=CCCCCCCCC)OC(=O)CCCCCCCCCC=CCCCCCCCC. The van der Waals surface area contributed by atoms with E-state index in [1.807, 2.05) is 0 Å². The van der Waals surface area contributed by atoms with Gasteiger partial charge in [-0.3, -0.25) is 14.4 Å². The molecule has 0 bridgehead atoms. The average molecular weight is 942 g/mol. The highest BCUT2D eigenvalue weighted by Crippen LogP contribution is 2.16. The summed E-state index contributed by atoms with van der Waals surface area (Å²) in [5.74, 6) is -0.877. The van der Waals surface area contributed by atoms with Crippen molar-refractivity contribution in [3.8, 4) is 0 Å². The summed E-state index contributed by atoms with van der Waals surface area (Å²) in [5, 5.41) is 0. The summed E-state index contributed by atoms with van der Waals surface area (Å²) in [5.41, 5.74) is 0. The normalized spacial score (nSPS) is 12.2.